The van der Waals surface area contributed by atoms with Gasteiger partial charge in [-0.2, -0.15) is 5.26 Å². The molecule has 1 aliphatic rings. The summed E-state index contributed by atoms with van der Waals surface area (Å²) < 4.78 is 27.3. The number of amides is 1. The van der Waals surface area contributed by atoms with Crippen LogP contribution in [0.25, 0.3) is 0 Å². The first-order valence-corrected chi connectivity index (χ1v) is 14.3. The van der Waals surface area contributed by atoms with Crippen molar-refractivity contribution in [2.75, 3.05) is 15.8 Å². The van der Waals surface area contributed by atoms with E-state index in [0.29, 0.717) is 22.2 Å². The maximum absolute atomic E-state index is 12.6. The number of aromatic nitrogens is 3. The Kier molecular flexibility index (Phi) is 7.80. The van der Waals surface area contributed by atoms with Crippen molar-refractivity contribution in [3.05, 3.63) is 65.6 Å². The molecule has 192 valence electrons. The maximum Gasteiger partial charge on any atom is 0.264 e. The van der Waals surface area contributed by atoms with Crippen LogP contribution in [0.2, 0.25) is 0 Å². The number of carbonyl (C=O) groups excluding carboxylic acids is 1. The zero-order valence-corrected chi connectivity index (χ0v) is 22.5. The second kappa shape index (κ2) is 10.9. The Morgan fingerprint density at radius 3 is 2.54 bits per heavy atom. The fraction of sp³-hybridized carbons (Fsp3) is 0.346. The number of fused-ring (bicyclic) bond motifs is 1. The largest absolute Gasteiger partial charge is 0.325 e. The van der Waals surface area contributed by atoms with Gasteiger partial charge in [-0.25, -0.2) is 28.1 Å². The van der Waals surface area contributed by atoms with Gasteiger partial charge in [-0.15, -0.1) is 0 Å². The molecule has 0 bridgehead atoms. The third-order valence-corrected chi connectivity index (χ3v) is 8.61. The average Bonchev–Trinajstić information content (AvgIpc) is 2.86. The fourth-order valence-corrected chi connectivity index (χ4v) is 5.89. The standard InChI is InChI=1S/C26H28N6O3S2/c1-26(2,3)19-5-10-22-17(14-19)13-18(15-27)24(31-22)36-16-23(33)30-20-6-8-21(9-7-20)37(34,35)32-25-28-11-4-12-29-25/h4,6-9,11-13,19H,5,10,14,16H2,1-3H3,(H,30,33)(H,28,29,32). The number of benzene rings is 1. The van der Waals surface area contributed by atoms with E-state index in [4.69, 9.17) is 4.98 Å². The summed E-state index contributed by atoms with van der Waals surface area (Å²) in [5.74, 6) is 0.297. The molecule has 11 heteroatoms. The summed E-state index contributed by atoms with van der Waals surface area (Å²) in [6.45, 7) is 6.73. The molecule has 2 aromatic heterocycles. The van der Waals surface area contributed by atoms with Crippen molar-refractivity contribution in [3.8, 4) is 6.07 Å². The van der Waals surface area contributed by atoms with E-state index in [1.807, 2.05) is 6.07 Å². The summed E-state index contributed by atoms with van der Waals surface area (Å²) >= 11 is 1.22. The lowest BCUT2D eigenvalue weighted by molar-refractivity contribution is -0.113. The molecule has 9 nitrogen and oxygen atoms in total. The molecule has 2 heterocycles. The Labute approximate surface area is 221 Å². The number of rotatable bonds is 7. The van der Waals surface area contributed by atoms with Gasteiger partial charge in [-0.1, -0.05) is 32.5 Å². The summed E-state index contributed by atoms with van der Waals surface area (Å²) in [6, 6.07) is 11.5. The number of nitrogens with one attached hydrogen (secondary N) is 2. The van der Waals surface area contributed by atoms with E-state index in [0.717, 1.165) is 30.5 Å². The Morgan fingerprint density at radius 1 is 1.19 bits per heavy atom. The third kappa shape index (κ3) is 6.64. The minimum absolute atomic E-state index is 0.0120. The van der Waals surface area contributed by atoms with E-state index >= 15 is 0 Å². The first-order valence-electron chi connectivity index (χ1n) is 11.8. The molecule has 4 rings (SSSR count). The summed E-state index contributed by atoms with van der Waals surface area (Å²) in [6.07, 6.45) is 5.70. The van der Waals surface area contributed by atoms with Crippen LogP contribution in [-0.4, -0.2) is 35.0 Å². The van der Waals surface area contributed by atoms with E-state index < -0.39 is 10.0 Å². The highest BCUT2D eigenvalue weighted by atomic mass is 32.2. The van der Waals surface area contributed by atoms with Crippen LogP contribution in [0.1, 0.15) is 44.0 Å². The van der Waals surface area contributed by atoms with E-state index in [-0.39, 0.29) is 27.9 Å². The minimum atomic E-state index is -3.86. The van der Waals surface area contributed by atoms with Gasteiger partial charge in [0.2, 0.25) is 11.9 Å². The van der Waals surface area contributed by atoms with Gasteiger partial charge >= 0.3 is 0 Å². The van der Waals surface area contributed by atoms with Gasteiger partial charge in [0.05, 0.1) is 16.2 Å². The Balaban J connectivity index is 1.37. The van der Waals surface area contributed by atoms with Gasteiger partial charge < -0.3 is 5.32 Å². The zero-order chi connectivity index (χ0) is 26.6. The van der Waals surface area contributed by atoms with Crippen molar-refractivity contribution in [1.82, 2.24) is 15.0 Å². The van der Waals surface area contributed by atoms with Gasteiger partial charge in [0, 0.05) is 23.8 Å². The van der Waals surface area contributed by atoms with Gasteiger partial charge in [0.25, 0.3) is 10.0 Å². The molecule has 1 amide bonds. The molecule has 3 aromatic rings. The van der Waals surface area contributed by atoms with Crippen LogP contribution in [0.4, 0.5) is 11.6 Å². The molecular weight excluding hydrogens is 508 g/mol. The number of hydrogen-bond acceptors (Lipinski definition) is 8. The maximum atomic E-state index is 12.6. The molecule has 0 saturated heterocycles. The molecule has 1 aromatic carbocycles. The molecule has 1 atom stereocenters. The number of pyridine rings is 1. The number of nitriles is 1. The SMILES string of the molecule is CC(C)(C)C1CCc2nc(SCC(=O)Nc3ccc(S(=O)(=O)Nc4ncccn4)cc3)c(C#N)cc2C1. The van der Waals surface area contributed by atoms with Crippen LogP contribution in [0.15, 0.2) is 58.7 Å². The quantitative estimate of drug-likeness (QED) is 0.423. The summed E-state index contributed by atoms with van der Waals surface area (Å²) in [5.41, 5.74) is 3.27. The molecule has 0 radical (unpaired) electrons. The van der Waals surface area contributed by atoms with Crippen LogP contribution >= 0.6 is 11.8 Å². The average molecular weight is 537 g/mol. The smallest absolute Gasteiger partial charge is 0.264 e. The van der Waals surface area contributed by atoms with E-state index in [9.17, 15) is 18.5 Å². The van der Waals surface area contributed by atoms with Crippen LogP contribution < -0.4 is 10.0 Å². The molecule has 1 aliphatic carbocycles. The van der Waals surface area contributed by atoms with Crippen molar-refractivity contribution in [2.24, 2.45) is 11.3 Å². The lowest BCUT2D eigenvalue weighted by atomic mass is 9.71. The first kappa shape index (κ1) is 26.6. The van der Waals surface area contributed by atoms with Crippen molar-refractivity contribution in [2.45, 2.75) is 50.0 Å². The first-order chi connectivity index (χ1) is 17.5. The lowest BCUT2D eigenvalue weighted by Crippen LogP contribution is -2.27. The number of sulfonamides is 1. The summed E-state index contributed by atoms with van der Waals surface area (Å²) in [5, 5.41) is 13.0. The van der Waals surface area contributed by atoms with Crippen LogP contribution in [0.5, 0.6) is 0 Å². The molecular formula is C26H28N6O3S2. The summed E-state index contributed by atoms with van der Waals surface area (Å²) in [7, 11) is -3.86. The van der Waals surface area contributed by atoms with Crippen molar-refractivity contribution >= 4 is 39.3 Å². The second-order valence-corrected chi connectivity index (χ2v) is 12.6. The number of aryl methyl sites for hydroxylation is 1. The topological polar surface area (TPSA) is 138 Å². The Hall–Kier alpha value is -3.49. The molecule has 0 saturated carbocycles. The van der Waals surface area contributed by atoms with Crippen LogP contribution in [0.3, 0.4) is 0 Å². The number of nitrogens with zero attached hydrogens (tertiary/aromatic N) is 4. The molecule has 1 unspecified atom stereocenters. The van der Waals surface area contributed by atoms with E-state index in [2.05, 4.69) is 46.8 Å². The monoisotopic (exact) mass is 536 g/mol. The number of thioether (sulfide) groups is 1. The number of anilines is 2. The molecule has 0 spiro atoms. The molecule has 37 heavy (non-hydrogen) atoms. The minimum Gasteiger partial charge on any atom is -0.325 e. The predicted molar refractivity (Wildman–Crippen MR) is 143 cm³/mol. The lowest BCUT2D eigenvalue weighted by Gasteiger charge is -2.34. The van der Waals surface area contributed by atoms with Gasteiger partial charge in [-0.05, 0) is 72.6 Å². The highest BCUT2D eigenvalue weighted by Gasteiger charge is 2.30. The van der Waals surface area contributed by atoms with Crippen molar-refractivity contribution in [3.63, 3.8) is 0 Å². The third-order valence-electron chi connectivity index (χ3n) is 6.28. The van der Waals surface area contributed by atoms with Crippen LogP contribution in [-0.2, 0) is 27.7 Å². The Morgan fingerprint density at radius 2 is 1.89 bits per heavy atom. The normalized spacial score (nSPS) is 15.4. The van der Waals surface area contributed by atoms with E-state index in [1.165, 1.54) is 48.4 Å². The van der Waals surface area contributed by atoms with Gasteiger partial charge in [0.15, 0.2) is 0 Å². The van der Waals surface area contributed by atoms with Crippen molar-refractivity contribution in [1.29, 1.82) is 5.26 Å². The molecule has 0 fully saturated rings. The fourth-order valence-electron chi connectivity index (χ4n) is 4.15. The molecule has 0 aliphatic heterocycles. The Bertz CT molecular complexity index is 1430. The second-order valence-electron chi connectivity index (χ2n) is 9.90. The molecule has 2 N–H and O–H groups in total. The number of carbonyl (C=O) groups is 1. The van der Waals surface area contributed by atoms with Crippen molar-refractivity contribution < 1.29 is 13.2 Å². The highest BCUT2D eigenvalue weighted by Crippen LogP contribution is 2.38. The van der Waals surface area contributed by atoms with Gasteiger partial charge in [0.1, 0.15) is 11.1 Å². The summed E-state index contributed by atoms with van der Waals surface area (Å²) in [4.78, 5) is 25.0. The van der Waals surface area contributed by atoms with E-state index in [1.54, 1.807) is 6.07 Å². The highest BCUT2D eigenvalue weighted by molar-refractivity contribution is 8.00. The zero-order valence-electron chi connectivity index (χ0n) is 20.9. The number of hydrogen-bond donors (Lipinski definition) is 2. The van der Waals surface area contributed by atoms with Gasteiger partial charge in [-0.3, -0.25) is 4.79 Å². The van der Waals surface area contributed by atoms with Crippen LogP contribution in [0, 0.1) is 22.7 Å². The predicted octanol–water partition coefficient (Wildman–Crippen LogP) is 4.43.